The van der Waals surface area contributed by atoms with Gasteiger partial charge in [0.05, 0.1) is 0 Å². The first-order valence-electron chi connectivity index (χ1n) is 7.97. The van der Waals surface area contributed by atoms with Crippen LogP contribution in [0.25, 0.3) is 0 Å². The van der Waals surface area contributed by atoms with Gasteiger partial charge in [0.25, 0.3) is 0 Å². The summed E-state index contributed by atoms with van der Waals surface area (Å²) in [5.74, 6) is 1.09. The van der Waals surface area contributed by atoms with Gasteiger partial charge in [-0.2, -0.15) is 0 Å². The van der Waals surface area contributed by atoms with E-state index in [0.717, 1.165) is 17.1 Å². The second-order valence-electron chi connectivity index (χ2n) is 5.91. The third kappa shape index (κ3) is 4.17. The molecule has 0 aromatic heterocycles. The van der Waals surface area contributed by atoms with Gasteiger partial charge in [-0.25, -0.2) is 0 Å². The fourth-order valence-corrected chi connectivity index (χ4v) is 3.48. The number of para-hydroxylation sites is 1. The van der Waals surface area contributed by atoms with Crippen molar-refractivity contribution in [3.05, 3.63) is 54.6 Å². The highest BCUT2D eigenvalue weighted by molar-refractivity contribution is 8.13. The number of amides is 1. The van der Waals surface area contributed by atoms with Crippen LogP contribution < -0.4 is 10.2 Å². The highest BCUT2D eigenvalue weighted by Gasteiger charge is 2.30. The van der Waals surface area contributed by atoms with Gasteiger partial charge in [0.2, 0.25) is 5.91 Å². The molecule has 1 aliphatic heterocycles. The Hall–Kier alpha value is -2.27. The largest absolute Gasteiger partial charge is 0.356 e. The van der Waals surface area contributed by atoms with E-state index in [2.05, 4.69) is 5.32 Å². The van der Waals surface area contributed by atoms with E-state index in [1.807, 2.05) is 59.5 Å². The molecule has 4 nitrogen and oxygen atoms in total. The van der Waals surface area contributed by atoms with Crippen LogP contribution in [-0.2, 0) is 9.59 Å². The molecule has 5 heteroatoms. The van der Waals surface area contributed by atoms with Crippen molar-refractivity contribution in [2.24, 2.45) is 5.92 Å². The van der Waals surface area contributed by atoms with Crippen molar-refractivity contribution in [1.29, 1.82) is 0 Å². The number of carbonyl (C=O) groups excluding carboxylic acids is 2. The van der Waals surface area contributed by atoms with Gasteiger partial charge in [-0.1, -0.05) is 30.0 Å². The van der Waals surface area contributed by atoms with Crippen molar-refractivity contribution in [3.8, 4) is 0 Å². The summed E-state index contributed by atoms with van der Waals surface area (Å²) in [6.45, 7) is 2.25. The first-order valence-corrected chi connectivity index (χ1v) is 8.96. The fraction of sp³-hybridized carbons (Fsp3) is 0.263. The molecule has 124 valence electrons. The highest BCUT2D eigenvalue weighted by atomic mass is 32.2. The molecule has 3 rings (SSSR count). The molecule has 1 amide bonds. The smallest absolute Gasteiger partial charge is 0.227 e. The molecule has 1 atom stereocenters. The van der Waals surface area contributed by atoms with Crippen LogP contribution in [0.1, 0.15) is 13.3 Å². The molecule has 1 unspecified atom stereocenters. The minimum absolute atomic E-state index is 0.109. The SMILES string of the molecule is CC(=O)SCC1CC(=O)N(c2ccc(Nc3ccccc3)cc2)C1. The predicted molar refractivity (Wildman–Crippen MR) is 99.8 cm³/mol. The number of rotatable bonds is 5. The third-order valence-corrected chi connectivity index (χ3v) is 5.01. The average Bonchev–Trinajstić information content (AvgIpc) is 2.96. The number of hydrogen-bond acceptors (Lipinski definition) is 4. The number of anilines is 3. The Kier molecular flexibility index (Phi) is 5.20. The predicted octanol–water partition coefficient (Wildman–Crippen LogP) is 4.06. The first kappa shape index (κ1) is 16.6. The summed E-state index contributed by atoms with van der Waals surface area (Å²) < 4.78 is 0. The zero-order valence-electron chi connectivity index (χ0n) is 13.6. The molecule has 0 bridgehead atoms. The van der Waals surface area contributed by atoms with Gasteiger partial charge in [0, 0.05) is 42.7 Å². The molecule has 1 N–H and O–H groups in total. The van der Waals surface area contributed by atoms with E-state index in [9.17, 15) is 9.59 Å². The highest BCUT2D eigenvalue weighted by Crippen LogP contribution is 2.28. The van der Waals surface area contributed by atoms with Crippen LogP contribution in [0.15, 0.2) is 54.6 Å². The summed E-state index contributed by atoms with van der Waals surface area (Å²) in [5, 5.41) is 3.44. The number of hydrogen-bond donors (Lipinski definition) is 1. The molecule has 0 aliphatic carbocycles. The van der Waals surface area contributed by atoms with E-state index in [1.165, 1.54) is 11.8 Å². The van der Waals surface area contributed by atoms with Gasteiger partial charge >= 0.3 is 0 Å². The minimum atomic E-state index is 0.109. The number of nitrogens with one attached hydrogen (secondary N) is 1. The Morgan fingerprint density at radius 3 is 2.46 bits per heavy atom. The maximum Gasteiger partial charge on any atom is 0.227 e. The van der Waals surface area contributed by atoms with Crippen molar-refractivity contribution in [2.45, 2.75) is 13.3 Å². The zero-order valence-corrected chi connectivity index (χ0v) is 14.4. The molecule has 2 aromatic rings. The zero-order chi connectivity index (χ0) is 16.9. The van der Waals surface area contributed by atoms with Crippen molar-refractivity contribution in [3.63, 3.8) is 0 Å². The first-order chi connectivity index (χ1) is 11.6. The normalized spacial score (nSPS) is 17.1. The topological polar surface area (TPSA) is 49.4 Å². The van der Waals surface area contributed by atoms with Crippen LogP contribution >= 0.6 is 11.8 Å². The summed E-state index contributed by atoms with van der Waals surface area (Å²) in [7, 11) is 0. The van der Waals surface area contributed by atoms with E-state index >= 15 is 0 Å². The lowest BCUT2D eigenvalue weighted by molar-refractivity contribution is -0.117. The maximum absolute atomic E-state index is 12.2. The molecule has 0 spiro atoms. The summed E-state index contributed by atoms with van der Waals surface area (Å²) in [6.07, 6.45) is 0.518. The molecular formula is C19H20N2O2S. The Labute approximate surface area is 146 Å². The molecule has 1 fully saturated rings. The number of thioether (sulfide) groups is 1. The van der Waals surface area contributed by atoms with E-state index in [4.69, 9.17) is 0 Å². The van der Waals surface area contributed by atoms with E-state index < -0.39 is 0 Å². The van der Waals surface area contributed by atoms with Crippen LogP contribution in [0.4, 0.5) is 17.1 Å². The second kappa shape index (κ2) is 7.53. The lowest BCUT2D eigenvalue weighted by Gasteiger charge is -2.17. The van der Waals surface area contributed by atoms with Crippen molar-refractivity contribution >= 4 is 39.8 Å². The fourth-order valence-electron chi connectivity index (χ4n) is 2.79. The number of benzene rings is 2. The Morgan fingerprint density at radius 1 is 1.12 bits per heavy atom. The lowest BCUT2D eigenvalue weighted by Crippen LogP contribution is -2.24. The standard InChI is InChI=1S/C19H20N2O2S/c1-14(22)24-13-15-11-19(23)21(12-15)18-9-7-17(8-10-18)20-16-5-3-2-4-6-16/h2-10,15,20H,11-13H2,1H3. The molecule has 2 aromatic carbocycles. The molecule has 24 heavy (non-hydrogen) atoms. The third-order valence-electron chi connectivity index (χ3n) is 3.97. The molecule has 1 aliphatic rings. The second-order valence-corrected chi connectivity index (χ2v) is 7.11. The Bertz CT molecular complexity index is 716. The van der Waals surface area contributed by atoms with E-state index in [1.54, 1.807) is 6.92 Å². The van der Waals surface area contributed by atoms with Crippen LogP contribution in [0.5, 0.6) is 0 Å². The van der Waals surface area contributed by atoms with Crippen molar-refractivity contribution in [2.75, 3.05) is 22.5 Å². The Morgan fingerprint density at radius 2 is 1.79 bits per heavy atom. The van der Waals surface area contributed by atoms with Crippen LogP contribution in [-0.4, -0.2) is 23.3 Å². The van der Waals surface area contributed by atoms with Crippen LogP contribution in [0.3, 0.4) is 0 Å². The summed E-state index contributed by atoms with van der Waals surface area (Å²) in [6, 6.07) is 17.9. The van der Waals surface area contributed by atoms with Crippen LogP contribution in [0, 0.1) is 5.92 Å². The maximum atomic E-state index is 12.2. The number of nitrogens with zero attached hydrogens (tertiary/aromatic N) is 1. The molecule has 1 saturated heterocycles. The van der Waals surface area contributed by atoms with Gasteiger partial charge in [0.1, 0.15) is 0 Å². The molecule has 0 radical (unpaired) electrons. The average molecular weight is 340 g/mol. The minimum Gasteiger partial charge on any atom is -0.356 e. The monoisotopic (exact) mass is 340 g/mol. The number of carbonyl (C=O) groups is 2. The van der Waals surface area contributed by atoms with Crippen molar-refractivity contribution < 1.29 is 9.59 Å². The lowest BCUT2D eigenvalue weighted by atomic mass is 10.1. The molecular weight excluding hydrogens is 320 g/mol. The summed E-state index contributed by atoms with van der Waals surface area (Å²) >= 11 is 1.30. The van der Waals surface area contributed by atoms with Gasteiger partial charge in [0.15, 0.2) is 5.12 Å². The van der Waals surface area contributed by atoms with Gasteiger partial charge < -0.3 is 10.2 Å². The molecule has 1 heterocycles. The van der Waals surface area contributed by atoms with Gasteiger partial charge in [-0.3, -0.25) is 9.59 Å². The summed E-state index contributed by atoms with van der Waals surface area (Å²) in [4.78, 5) is 25.1. The van der Waals surface area contributed by atoms with Crippen LogP contribution in [0.2, 0.25) is 0 Å². The van der Waals surface area contributed by atoms with Gasteiger partial charge in [-0.15, -0.1) is 0 Å². The Balaban J connectivity index is 1.63. The molecule has 0 saturated carbocycles. The van der Waals surface area contributed by atoms with E-state index in [0.29, 0.717) is 18.7 Å². The van der Waals surface area contributed by atoms with Gasteiger partial charge in [-0.05, 0) is 42.3 Å². The van der Waals surface area contributed by atoms with Crippen molar-refractivity contribution in [1.82, 2.24) is 0 Å². The quantitative estimate of drug-likeness (QED) is 0.892. The van der Waals surface area contributed by atoms with E-state index in [-0.39, 0.29) is 16.9 Å². The summed E-state index contributed by atoms with van der Waals surface area (Å²) in [5.41, 5.74) is 2.93.